The van der Waals surface area contributed by atoms with E-state index >= 15 is 0 Å². The SMILES string of the molecule is CCCCCN1C(=O)C2C(NC3N(c4cccc(C)c4)CCCN23)N(C)C1=O. The van der Waals surface area contributed by atoms with E-state index in [9.17, 15) is 9.59 Å². The molecule has 4 rings (SSSR count). The summed E-state index contributed by atoms with van der Waals surface area (Å²) >= 11 is 0. The Labute approximate surface area is 167 Å². The van der Waals surface area contributed by atoms with E-state index in [1.165, 1.54) is 10.5 Å². The minimum Gasteiger partial charge on any atom is -0.343 e. The van der Waals surface area contributed by atoms with E-state index in [0.717, 1.165) is 44.5 Å². The summed E-state index contributed by atoms with van der Waals surface area (Å²) in [6.07, 6.45) is 3.61. The van der Waals surface area contributed by atoms with E-state index in [1.54, 1.807) is 4.90 Å². The van der Waals surface area contributed by atoms with E-state index in [1.807, 2.05) is 7.05 Å². The van der Waals surface area contributed by atoms with Gasteiger partial charge in [0.05, 0.1) is 0 Å². The molecule has 0 saturated carbocycles. The van der Waals surface area contributed by atoms with E-state index in [4.69, 9.17) is 0 Å². The topological polar surface area (TPSA) is 59.1 Å². The number of nitrogens with one attached hydrogen (secondary N) is 1. The molecule has 7 heteroatoms. The molecule has 28 heavy (non-hydrogen) atoms. The third kappa shape index (κ3) is 3.16. The van der Waals surface area contributed by atoms with Crippen LogP contribution in [0, 0.1) is 6.92 Å². The average molecular weight is 386 g/mol. The number of aryl methyl sites for hydroxylation is 1. The van der Waals surface area contributed by atoms with Crippen molar-refractivity contribution in [1.82, 2.24) is 20.0 Å². The summed E-state index contributed by atoms with van der Waals surface area (Å²) in [4.78, 5) is 33.9. The zero-order chi connectivity index (χ0) is 19.8. The number of fused-ring (bicyclic) bond motifs is 3. The van der Waals surface area contributed by atoms with Gasteiger partial charge in [-0.1, -0.05) is 31.9 Å². The van der Waals surface area contributed by atoms with Gasteiger partial charge in [0, 0.05) is 32.4 Å². The number of benzene rings is 1. The Morgan fingerprint density at radius 3 is 2.75 bits per heavy atom. The second-order valence-corrected chi connectivity index (χ2v) is 8.14. The van der Waals surface area contributed by atoms with Crippen molar-refractivity contribution in [3.63, 3.8) is 0 Å². The number of carbonyl (C=O) groups is 2. The maximum absolute atomic E-state index is 13.3. The number of likely N-dealkylation sites (N-methyl/N-ethyl adjacent to an activating group) is 1. The molecule has 0 aromatic heterocycles. The smallest absolute Gasteiger partial charge is 0.327 e. The van der Waals surface area contributed by atoms with Crippen LogP contribution in [-0.4, -0.2) is 71.8 Å². The van der Waals surface area contributed by atoms with Crippen molar-refractivity contribution in [2.75, 3.05) is 31.6 Å². The lowest BCUT2D eigenvalue weighted by Gasteiger charge is -2.44. The number of rotatable bonds is 5. The minimum absolute atomic E-state index is 0.0507. The third-order valence-corrected chi connectivity index (χ3v) is 6.19. The molecule has 1 aromatic carbocycles. The van der Waals surface area contributed by atoms with Crippen molar-refractivity contribution in [2.45, 2.75) is 58.0 Å². The molecule has 3 heterocycles. The largest absolute Gasteiger partial charge is 0.343 e. The first-order valence-electron chi connectivity index (χ1n) is 10.5. The van der Waals surface area contributed by atoms with Crippen LogP contribution >= 0.6 is 0 Å². The van der Waals surface area contributed by atoms with Crippen LogP contribution in [0.25, 0.3) is 0 Å². The van der Waals surface area contributed by atoms with Crippen molar-refractivity contribution in [3.05, 3.63) is 29.8 Å². The molecule has 3 unspecified atom stereocenters. The Hall–Kier alpha value is -2.12. The molecule has 3 amide bonds. The second-order valence-electron chi connectivity index (χ2n) is 8.14. The fraction of sp³-hybridized carbons (Fsp3) is 0.619. The molecule has 0 bridgehead atoms. The summed E-state index contributed by atoms with van der Waals surface area (Å²) in [6, 6.07) is 7.96. The number of urea groups is 1. The van der Waals surface area contributed by atoms with Crippen molar-refractivity contribution in [1.29, 1.82) is 0 Å². The molecule has 0 spiro atoms. The lowest BCUT2D eigenvalue weighted by atomic mass is 10.1. The second kappa shape index (κ2) is 7.72. The molecule has 152 valence electrons. The van der Waals surface area contributed by atoms with Gasteiger partial charge in [0.1, 0.15) is 18.5 Å². The highest BCUT2D eigenvalue weighted by Crippen LogP contribution is 2.33. The van der Waals surface area contributed by atoms with E-state index in [0.29, 0.717) is 6.54 Å². The van der Waals surface area contributed by atoms with E-state index < -0.39 is 0 Å². The minimum atomic E-state index is -0.318. The lowest BCUT2D eigenvalue weighted by molar-refractivity contribution is -0.138. The Morgan fingerprint density at radius 2 is 2.00 bits per heavy atom. The zero-order valence-corrected chi connectivity index (χ0v) is 17.1. The Kier molecular flexibility index (Phi) is 5.29. The average Bonchev–Trinajstić information content (AvgIpc) is 3.09. The normalized spacial score (nSPS) is 28.0. The highest BCUT2D eigenvalue weighted by atomic mass is 16.2. The van der Waals surface area contributed by atoms with Crippen LogP contribution in [0.15, 0.2) is 24.3 Å². The highest BCUT2D eigenvalue weighted by Gasteiger charge is 2.55. The molecule has 3 saturated heterocycles. The maximum atomic E-state index is 13.3. The van der Waals surface area contributed by atoms with Gasteiger partial charge < -0.3 is 9.80 Å². The first kappa shape index (κ1) is 19.2. The number of imide groups is 1. The van der Waals surface area contributed by atoms with Crippen LogP contribution < -0.4 is 10.2 Å². The summed E-state index contributed by atoms with van der Waals surface area (Å²) in [5.41, 5.74) is 2.37. The van der Waals surface area contributed by atoms with Gasteiger partial charge in [-0.05, 0) is 37.5 Å². The van der Waals surface area contributed by atoms with E-state index in [-0.39, 0.29) is 30.4 Å². The number of unbranched alkanes of at least 4 members (excludes halogenated alkanes) is 2. The molecular formula is C21H31N5O2. The van der Waals surface area contributed by atoms with Gasteiger partial charge in [0.2, 0.25) is 0 Å². The predicted molar refractivity (Wildman–Crippen MR) is 109 cm³/mol. The first-order chi connectivity index (χ1) is 13.5. The summed E-state index contributed by atoms with van der Waals surface area (Å²) in [5, 5.41) is 3.57. The lowest BCUT2D eigenvalue weighted by Crippen LogP contribution is -2.66. The number of amides is 3. The number of carbonyl (C=O) groups excluding carboxylic acids is 2. The van der Waals surface area contributed by atoms with Gasteiger partial charge in [-0.2, -0.15) is 0 Å². The van der Waals surface area contributed by atoms with Crippen molar-refractivity contribution < 1.29 is 9.59 Å². The first-order valence-corrected chi connectivity index (χ1v) is 10.5. The molecule has 0 radical (unpaired) electrons. The summed E-state index contributed by atoms with van der Waals surface area (Å²) in [6.45, 7) is 6.53. The summed E-state index contributed by atoms with van der Waals surface area (Å²) < 4.78 is 0. The molecule has 3 atom stereocenters. The van der Waals surface area contributed by atoms with Crippen molar-refractivity contribution in [3.8, 4) is 0 Å². The van der Waals surface area contributed by atoms with Crippen LogP contribution in [-0.2, 0) is 4.79 Å². The van der Waals surface area contributed by atoms with Gasteiger partial charge in [0.25, 0.3) is 5.91 Å². The van der Waals surface area contributed by atoms with E-state index in [2.05, 4.69) is 53.2 Å². The molecule has 1 aromatic rings. The van der Waals surface area contributed by atoms with Crippen LogP contribution in [0.4, 0.5) is 10.5 Å². The van der Waals surface area contributed by atoms with Gasteiger partial charge in [-0.25, -0.2) is 4.79 Å². The Bertz CT molecular complexity index is 754. The molecule has 3 aliphatic heterocycles. The van der Waals surface area contributed by atoms with Gasteiger partial charge >= 0.3 is 6.03 Å². The third-order valence-electron chi connectivity index (χ3n) is 6.19. The molecular weight excluding hydrogens is 354 g/mol. The fourth-order valence-electron chi connectivity index (χ4n) is 4.72. The van der Waals surface area contributed by atoms with Crippen LogP contribution in [0.2, 0.25) is 0 Å². The standard InChI is InChI=1S/C21H31N5O2/c1-4-5-6-11-26-19(27)17-18(23(3)21(26)28)22-20-24(12-8-13-25(17)20)16-10-7-9-15(2)14-16/h7,9-10,14,17-18,20,22H,4-6,8,11-13H2,1-3H3. The molecule has 0 aliphatic carbocycles. The fourth-order valence-corrected chi connectivity index (χ4v) is 4.72. The van der Waals surface area contributed by atoms with Crippen LogP contribution in [0.1, 0.15) is 38.2 Å². The maximum Gasteiger partial charge on any atom is 0.327 e. The Morgan fingerprint density at radius 1 is 1.18 bits per heavy atom. The Balaban J connectivity index is 1.59. The number of hydrogen-bond donors (Lipinski definition) is 1. The summed E-state index contributed by atoms with van der Waals surface area (Å²) in [5.74, 6) is -0.0507. The monoisotopic (exact) mass is 385 g/mol. The summed E-state index contributed by atoms with van der Waals surface area (Å²) in [7, 11) is 1.81. The number of nitrogens with zero attached hydrogens (tertiary/aromatic N) is 4. The van der Waals surface area contributed by atoms with Crippen LogP contribution in [0.3, 0.4) is 0 Å². The number of hydrogen-bond acceptors (Lipinski definition) is 5. The molecule has 7 nitrogen and oxygen atoms in total. The van der Waals surface area contributed by atoms with Crippen molar-refractivity contribution >= 4 is 17.6 Å². The molecule has 1 N–H and O–H groups in total. The molecule has 3 fully saturated rings. The van der Waals surface area contributed by atoms with Gasteiger partial charge in [0.15, 0.2) is 0 Å². The predicted octanol–water partition coefficient (Wildman–Crippen LogP) is 2.17. The molecule has 3 aliphatic rings. The van der Waals surface area contributed by atoms with Gasteiger partial charge in [-0.3, -0.25) is 19.9 Å². The quantitative estimate of drug-likeness (QED) is 0.788. The highest BCUT2D eigenvalue weighted by molar-refractivity contribution is 6.00. The zero-order valence-electron chi connectivity index (χ0n) is 17.1. The van der Waals surface area contributed by atoms with Crippen molar-refractivity contribution in [2.24, 2.45) is 0 Å². The number of anilines is 1. The van der Waals surface area contributed by atoms with Gasteiger partial charge in [-0.15, -0.1) is 0 Å². The van der Waals surface area contributed by atoms with Crippen LogP contribution in [0.5, 0.6) is 0 Å².